The Morgan fingerprint density at radius 3 is 3.10 bits per heavy atom. The summed E-state index contributed by atoms with van der Waals surface area (Å²) in [6.07, 6.45) is 0.804. The highest BCUT2D eigenvalue weighted by molar-refractivity contribution is 9.10. The number of ether oxygens (including phenoxy) is 2. The summed E-state index contributed by atoms with van der Waals surface area (Å²) in [5.41, 5.74) is 1.89. The van der Waals surface area contributed by atoms with Crippen molar-refractivity contribution in [2.24, 2.45) is 0 Å². The lowest BCUT2D eigenvalue weighted by molar-refractivity contribution is 0.325. The predicted molar refractivity (Wildman–Crippen MR) is 90.2 cm³/mol. The highest BCUT2D eigenvalue weighted by Gasteiger charge is 2.22. The molecule has 1 N–H and O–H groups in total. The van der Waals surface area contributed by atoms with Crippen molar-refractivity contribution in [2.45, 2.75) is 13.3 Å². The Bertz CT molecular complexity index is 675. The van der Waals surface area contributed by atoms with Crippen molar-refractivity contribution >= 4 is 45.6 Å². The van der Waals surface area contributed by atoms with E-state index in [2.05, 4.69) is 20.9 Å². The second-order valence-electron chi connectivity index (χ2n) is 4.29. The molecule has 2 heterocycles. The summed E-state index contributed by atoms with van der Waals surface area (Å²) in [6, 6.07) is 5.93. The second kappa shape index (κ2) is 6.77. The quantitative estimate of drug-likeness (QED) is 0.616. The van der Waals surface area contributed by atoms with Gasteiger partial charge in [-0.3, -0.25) is 5.41 Å². The monoisotopic (exact) mass is 388 g/mol. The van der Waals surface area contributed by atoms with Crippen LogP contribution < -0.4 is 4.74 Å². The second-order valence-corrected chi connectivity index (χ2v) is 6.29. The maximum atomic E-state index is 7.87. The van der Waals surface area contributed by atoms with Crippen LogP contribution in [-0.4, -0.2) is 24.1 Å². The van der Waals surface area contributed by atoms with Crippen molar-refractivity contribution in [3.05, 3.63) is 32.6 Å². The number of aromatic nitrogens is 1. The number of thiazole rings is 1. The first-order valence-corrected chi connectivity index (χ1v) is 7.94. The highest BCUT2D eigenvalue weighted by Crippen LogP contribution is 2.38. The summed E-state index contributed by atoms with van der Waals surface area (Å²) >= 11 is 4.97. The van der Waals surface area contributed by atoms with Crippen LogP contribution in [0.3, 0.4) is 0 Å². The average molecular weight is 390 g/mol. The number of fused-ring (bicyclic) bond motifs is 3. The smallest absolute Gasteiger partial charge is 0.243 e. The van der Waals surface area contributed by atoms with Gasteiger partial charge < -0.3 is 9.47 Å². The van der Waals surface area contributed by atoms with Crippen LogP contribution in [0.15, 0.2) is 22.7 Å². The van der Waals surface area contributed by atoms with E-state index in [4.69, 9.17) is 14.9 Å². The molecule has 0 fully saturated rings. The van der Waals surface area contributed by atoms with Crippen LogP contribution in [0, 0.1) is 5.41 Å². The normalized spacial score (nSPS) is 12.3. The first-order chi connectivity index (χ1) is 9.69. The van der Waals surface area contributed by atoms with Gasteiger partial charge in [0, 0.05) is 21.3 Å². The van der Waals surface area contributed by atoms with E-state index < -0.39 is 0 Å². The SMILES string of the molecule is CCOC(=N)c1nc2c(s1)CCOc1cc(Br)ccc1-2.Cl. The van der Waals surface area contributed by atoms with Gasteiger partial charge in [0.25, 0.3) is 0 Å². The number of hydrogen-bond acceptors (Lipinski definition) is 5. The third kappa shape index (κ3) is 3.22. The molecule has 21 heavy (non-hydrogen) atoms. The number of halogens is 2. The maximum absolute atomic E-state index is 7.87. The van der Waals surface area contributed by atoms with E-state index in [0.717, 1.165) is 32.8 Å². The van der Waals surface area contributed by atoms with Crippen LogP contribution in [0.25, 0.3) is 11.3 Å². The molecule has 1 aromatic carbocycles. The van der Waals surface area contributed by atoms with Crippen LogP contribution in [0.2, 0.25) is 0 Å². The van der Waals surface area contributed by atoms with Gasteiger partial charge in [0.2, 0.25) is 5.90 Å². The van der Waals surface area contributed by atoms with E-state index in [0.29, 0.717) is 18.2 Å². The van der Waals surface area contributed by atoms with Gasteiger partial charge in [-0.25, -0.2) is 4.98 Å². The minimum atomic E-state index is 0. The van der Waals surface area contributed by atoms with Crippen LogP contribution in [-0.2, 0) is 11.2 Å². The number of rotatable bonds is 2. The molecule has 0 bridgehead atoms. The zero-order valence-corrected chi connectivity index (χ0v) is 14.5. The molecule has 0 saturated carbocycles. The zero-order valence-electron chi connectivity index (χ0n) is 11.3. The largest absolute Gasteiger partial charge is 0.492 e. The van der Waals surface area contributed by atoms with Crippen molar-refractivity contribution in [1.82, 2.24) is 4.98 Å². The molecular formula is C14H14BrClN2O2S. The van der Waals surface area contributed by atoms with E-state index in [-0.39, 0.29) is 18.3 Å². The minimum absolute atomic E-state index is 0. The Balaban J connectivity index is 0.00000161. The van der Waals surface area contributed by atoms with E-state index in [9.17, 15) is 0 Å². The van der Waals surface area contributed by atoms with Gasteiger partial charge in [-0.2, -0.15) is 0 Å². The maximum Gasteiger partial charge on any atom is 0.243 e. The molecule has 0 atom stereocenters. The number of benzene rings is 1. The Labute approximate surface area is 141 Å². The lowest BCUT2D eigenvalue weighted by Gasteiger charge is -2.07. The Morgan fingerprint density at radius 2 is 2.33 bits per heavy atom. The fraction of sp³-hybridized carbons (Fsp3) is 0.286. The summed E-state index contributed by atoms with van der Waals surface area (Å²) in [7, 11) is 0. The van der Waals surface area contributed by atoms with Crippen molar-refractivity contribution in [2.75, 3.05) is 13.2 Å². The van der Waals surface area contributed by atoms with Gasteiger partial charge in [0.05, 0.1) is 18.9 Å². The Hall–Kier alpha value is -1.11. The molecule has 0 aliphatic carbocycles. The first kappa shape index (κ1) is 16.3. The Morgan fingerprint density at radius 1 is 1.52 bits per heavy atom. The van der Waals surface area contributed by atoms with Crippen LogP contribution in [0.1, 0.15) is 16.8 Å². The highest BCUT2D eigenvalue weighted by atomic mass is 79.9. The molecule has 1 aliphatic rings. The summed E-state index contributed by atoms with van der Waals surface area (Å²) in [6.45, 7) is 2.98. The molecule has 7 heteroatoms. The van der Waals surface area contributed by atoms with Gasteiger partial charge in [0.15, 0.2) is 5.01 Å². The Kier molecular flexibility index (Phi) is 5.24. The molecular weight excluding hydrogens is 376 g/mol. The van der Waals surface area contributed by atoms with Gasteiger partial charge >= 0.3 is 0 Å². The molecule has 1 aromatic heterocycles. The molecule has 0 unspecified atom stereocenters. The first-order valence-electron chi connectivity index (χ1n) is 6.33. The number of nitrogens with one attached hydrogen (secondary N) is 1. The lowest BCUT2D eigenvalue weighted by Crippen LogP contribution is -2.04. The fourth-order valence-corrected chi connectivity index (χ4v) is 3.40. The van der Waals surface area contributed by atoms with E-state index >= 15 is 0 Å². The van der Waals surface area contributed by atoms with Gasteiger partial charge in [-0.15, -0.1) is 23.7 Å². The van der Waals surface area contributed by atoms with Crippen molar-refractivity contribution in [1.29, 1.82) is 5.41 Å². The average Bonchev–Trinajstić information content (AvgIpc) is 2.77. The van der Waals surface area contributed by atoms with Crippen molar-refractivity contribution < 1.29 is 9.47 Å². The lowest BCUT2D eigenvalue weighted by atomic mass is 10.1. The third-order valence-electron chi connectivity index (χ3n) is 2.97. The molecule has 4 nitrogen and oxygen atoms in total. The third-order valence-corrected chi connectivity index (χ3v) is 4.57. The molecule has 0 radical (unpaired) electrons. The van der Waals surface area contributed by atoms with E-state index in [1.54, 1.807) is 0 Å². The van der Waals surface area contributed by atoms with E-state index in [1.165, 1.54) is 11.3 Å². The summed E-state index contributed by atoms with van der Waals surface area (Å²) < 4.78 is 12.0. The number of nitrogens with zero attached hydrogens (tertiary/aromatic N) is 1. The summed E-state index contributed by atoms with van der Waals surface area (Å²) in [5.74, 6) is 0.975. The molecule has 2 aromatic rings. The van der Waals surface area contributed by atoms with Crippen molar-refractivity contribution in [3.8, 4) is 17.0 Å². The van der Waals surface area contributed by atoms with Crippen LogP contribution in [0.5, 0.6) is 5.75 Å². The zero-order chi connectivity index (χ0) is 14.1. The number of hydrogen-bond donors (Lipinski definition) is 1. The van der Waals surface area contributed by atoms with E-state index in [1.807, 2.05) is 25.1 Å². The minimum Gasteiger partial charge on any atom is -0.492 e. The predicted octanol–water partition coefficient (Wildman–Crippen LogP) is 4.29. The topological polar surface area (TPSA) is 55.2 Å². The molecule has 0 amide bonds. The standard InChI is InChI=1S/C14H13BrN2O2S.ClH/c1-2-18-13(16)14-17-12-9-4-3-8(15)7-10(9)19-6-5-11(12)20-14;/h3-4,7,16H,2,5-6H2,1H3;1H. The van der Waals surface area contributed by atoms with Crippen LogP contribution in [0.4, 0.5) is 0 Å². The van der Waals surface area contributed by atoms with Gasteiger partial charge in [-0.05, 0) is 25.1 Å². The molecule has 3 rings (SSSR count). The van der Waals surface area contributed by atoms with Gasteiger partial charge in [0.1, 0.15) is 5.75 Å². The molecule has 0 saturated heterocycles. The van der Waals surface area contributed by atoms with Crippen molar-refractivity contribution in [3.63, 3.8) is 0 Å². The van der Waals surface area contributed by atoms with Gasteiger partial charge in [-0.1, -0.05) is 15.9 Å². The van der Waals surface area contributed by atoms with Crippen LogP contribution >= 0.6 is 39.7 Å². The molecule has 1 aliphatic heterocycles. The summed E-state index contributed by atoms with van der Waals surface area (Å²) in [4.78, 5) is 5.72. The fourth-order valence-electron chi connectivity index (χ4n) is 2.10. The molecule has 0 spiro atoms. The summed E-state index contributed by atoms with van der Waals surface area (Å²) in [5, 5.41) is 8.50. The molecule has 112 valence electrons.